The van der Waals surface area contributed by atoms with Gasteiger partial charge in [-0.2, -0.15) is 0 Å². The van der Waals surface area contributed by atoms with Crippen LogP contribution in [0.4, 0.5) is 0 Å². The summed E-state index contributed by atoms with van der Waals surface area (Å²) in [5, 5.41) is 0. The molecule has 0 aromatic carbocycles. The highest BCUT2D eigenvalue weighted by molar-refractivity contribution is 9.10. The van der Waals surface area contributed by atoms with Crippen molar-refractivity contribution in [3.63, 3.8) is 0 Å². The van der Waals surface area contributed by atoms with E-state index >= 15 is 0 Å². The number of carbonyl (C=O) groups excluding carboxylic acids is 1. The predicted molar refractivity (Wildman–Crippen MR) is 78.3 cm³/mol. The second kappa shape index (κ2) is 5.40. The molecule has 0 saturated heterocycles. The van der Waals surface area contributed by atoms with Crippen molar-refractivity contribution < 1.29 is 9.21 Å². The van der Waals surface area contributed by atoms with E-state index in [4.69, 9.17) is 4.42 Å². The molecule has 5 heteroatoms. The number of pyridine rings is 1. The number of hydrogen-bond donors (Lipinski definition) is 0. The first kappa shape index (κ1) is 13.4. The van der Waals surface area contributed by atoms with Gasteiger partial charge in [-0.3, -0.25) is 4.79 Å². The summed E-state index contributed by atoms with van der Waals surface area (Å²) in [7, 11) is 0. The fourth-order valence-corrected chi connectivity index (χ4v) is 2.37. The highest BCUT2D eigenvalue weighted by atomic mass is 79.9. The lowest BCUT2D eigenvalue weighted by atomic mass is 10.3. The molecular formula is C15H15BrN2O2. The molecule has 1 amide bonds. The van der Waals surface area contributed by atoms with Crippen LogP contribution >= 0.6 is 15.9 Å². The van der Waals surface area contributed by atoms with Crippen LogP contribution in [-0.4, -0.2) is 21.8 Å². The van der Waals surface area contributed by atoms with Gasteiger partial charge in [0.15, 0.2) is 0 Å². The number of aryl methyl sites for hydroxylation is 1. The standard InChI is InChI=1S/C15H15BrN2O2/c1-10-2-6-13(20-10)9-18(12-4-5-12)15(19)14-7-3-11(16)8-17-14/h2-3,6-8,12H,4-5,9H2,1H3. The normalized spacial score (nSPS) is 14.3. The molecule has 20 heavy (non-hydrogen) atoms. The van der Waals surface area contributed by atoms with Gasteiger partial charge < -0.3 is 9.32 Å². The maximum Gasteiger partial charge on any atom is 0.273 e. The molecule has 1 saturated carbocycles. The molecule has 0 atom stereocenters. The Morgan fingerprint density at radius 3 is 2.75 bits per heavy atom. The number of furan rings is 1. The molecule has 0 radical (unpaired) electrons. The molecule has 0 aliphatic heterocycles. The van der Waals surface area contributed by atoms with Crippen LogP contribution in [0.1, 0.15) is 34.9 Å². The molecule has 2 heterocycles. The van der Waals surface area contributed by atoms with Gasteiger partial charge in [0.2, 0.25) is 0 Å². The van der Waals surface area contributed by atoms with E-state index in [1.807, 2.05) is 30.0 Å². The van der Waals surface area contributed by atoms with Gasteiger partial charge in [-0.15, -0.1) is 0 Å². The maximum absolute atomic E-state index is 12.6. The molecule has 3 rings (SSSR count). The predicted octanol–water partition coefficient (Wildman–Crippen LogP) is 3.55. The fraction of sp³-hybridized carbons (Fsp3) is 0.333. The van der Waals surface area contributed by atoms with Gasteiger partial charge >= 0.3 is 0 Å². The van der Waals surface area contributed by atoms with Crippen LogP contribution in [0.25, 0.3) is 0 Å². The van der Waals surface area contributed by atoms with Crippen LogP contribution in [-0.2, 0) is 6.54 Å². The van der Waals surface area contributed by atoms with Gasteiger partial charge in [-0.1, -0.05) is 0 Å². The second-order valence-corrected chi connectivity index (χ2v) is 5.95. The first-order valence-electron chi connectivity index (χ1n) is 6.61. The van der Waals surface area contributed by atoms with E-state index in [9.17, 15) is 4.79 Å². The third-order valence-electron chi connectivity index (χ3n) is 3.32. The Bertz CT molecular complexity index is 617. The molecule has 2 aromatic heterocycles. The molecule has 0 unspecified atom stereocenters. The Kier molecular flexibility index (Phi) is 3.61. The van der Waals surface area contributed by atoms with Crippen LogP contribution in [0.3, 0.4) is 0 Å². The summed E-state index contributed by atoms with van der Waals surface area (Å²) in [6, 6.07) is 7.74. The monoisotopic (exact) mass is 334 g/mol. The molecule has 1 aliphatic carbocycles. The summed E-state index contributed by atoms with van der Waals surface area (Å²) in [5.74, 6) is 1.65. The molecule has 0 spiro atoms. The topological polar surface area (TPSA) is 46.3 Å². The van der Waals surface area contributed by atoms with E-state index in [0.29, 0.717) is 18.3 Å². The first-order chi connectivity index (χ1) is 9.63. The number of rotatable bonds is 4. The van der Waals surface area contributed by atoms with E-state index in [1.54, 1.807) is 12.3 Å². The molecule has 4 nitrogen and oxygen atoms in total. The van der Waals surface area contributed by atoms with Crippen molar-refractivity contribution in [2.45, 2.75) is 32.4 Å². The van der Waals surface area contributed by atoms with Gasteiger partial charge in [0.25, 0.3) is 5.91 Å². The lowest BCUT2D eigenvalue weighted by Crippen LogP contribution is -2.33. The van der Waals surface area contributed by atoms with Gasteiger partial charge in [0, 0.05) is 16.7 Å². The summed E-state index contributed by atoms with van der Waals surface area (Å²) in [5.41, 5.74) is 0.475. The highest BCUT2D eigenvalue weighted by Crippen LogP contribution is 2.30. The third kappa shape index (κ3) is 2.93. The van der Waals surface area contributed by atoms with Gasteiger partial charge in [-0.25, -0.2) is 4.98 Å². The van der Waals surface area contributed by atoms with E-state index in [2.05, 4.69) is 20.9 Å². The summed E-state index contributed by atoms with van der Waals surface area (Å²) >= 11 is 3.33. The van der Waals surface area contributed by atoms with E-state index in [1.165, 1.54) is 0 Å². The zero-order valence-corrected chi connectivity index (χ0v) is 12.8. The van der Waals surface area contributed by atoms with Crippen LogP contribution in [0.15, 0.2) is 39.4 Å². The van der Waals surface area contributed by atoms with Crippen molar-refractivity contribution in [2.75, 3.05) is 0 Å². The van der Waals surface area contributed by atoms with Crippen molar-refractivity contribution in [1.29, 1.82) is 0 Å². The first-order valence-corrected chi connectivity index (χ1v) is 7.40. The lowest BCUT2D eigenvalue weighted by molar-refractivity contribution is 0.0711. The minimum absolute atomic E-state index is 0.0333. The summed E-state index contributed by atoms with van der Waals surface area (Å²) in [4.78, 5) is 18.6. The maximum atomic E-state index is 12.6. The molecule has 2 aromatic rings. The van der Waals surface area contributed by atoms with E-state index in [-0.39, 0.29) is 5.91 Å². The van der Waals surface area contributed by atoms with Crippen molar-refractivity contribution in [3.05, 3.63) is 52.1 Å². The largest absolute Gasteiger partial charge is 0.464 e. The number of halogens is 1. The molecule has 0 N–H and O–H groups in total. The summed E-state index contributed by atoms with van der Waals surface area (Å²) < 4.78 is 6.44. The van der Waals surface area contributed by atoms with E-state index < -0.39 is 0 Å². The minimum Gasteiger partial charge on any atom is -0.464 e. The number of amides is 1. The van der Waals surface area contributed by atoms with Crippen molar-refractivity contribution in [2.24, 2.45) is 0 Å². The number of aromatic nitrogens is 1. The Balaban J connectivity index is 1.79. The van der Waals surface area contributed by atoms with Crippen LogP contribution < -0.4 is 0 Å². The van der Waals surface area contributed by atoms with Crippen molar-refractivity contribution in [1.82, 2.24) is 9.88 Å². The Morgan fingerprint density at radius 1 is 1.40 bits per heavy atom. The number of nitrogens with zero attached hydrogens (tertiary/aromatic N) is 2. The molecule has 104 valence electrons. The fourth-order valence-electron chi connectivity index (χ4n) is 2.14. The Hall–Kier alpha value is -1.62. The van der Waals surface area contributed by atoms with Crippen molar-refractivity contribution in [3.8, 4) is 0 Å². The second-order valence-electron chi connectivity index (χ2n) is 5.04. The minimum atomic E-state index is -0.0333. The van der Waals surface area contributed by atoms with Gasteiger partial charge in [-0.05, 0) is 60.0 Å². The molecular weight excluding hydrogens is 320 g/mol. The zero-order valence-electron chi connectivity index (χ0n) is 11.2. The summed E-state index contributed by atoms with van der Waals surface area (Å²) in [6.45, 7) is 2.41. The zero-order chi connectivity index (χ0) is 14.1. The smallest absolute Gasteiger partial charge is 0.273 e. The van der Waals surface area contributed by atoms with Gasteiger partial charge in [0.1, 0.15) is 17.2 Å². The average Bonchev–Trinajstić information content (AvgIpc) is 3.19. The van der Waals surface area contributed by atoms with Gasteiger partial charge in [0.05, 0.1) is 6.54 Å². The average molecular weight is 335 g/mol. The molecule has 0 bridgehead atoms. The van der Waals surface area contributed by atoms with Crippen molar-refractivity contribution >= 4 is 21.8 Å². The third-order valence-corrected chi connectivity index (χ3v) is 3.79. The quantitative estimate of drug-likeness (QED) is 0.858. The molecule has 1 fully saturated rings. The van der Waals surface area contributed by atoms with Crippen LogP contribution in [0.2, 0.25) is 0 Å². The number of carbonyl (C=O) groups is 1. The Morgan fingerprint density at radius 2 is 2.20 bits per heavy atom. The van der Waals surface area contributed by atoms with Crippen LogP contribution in [0, 0.1) is 6.92 Å². The summed E-state index contributed by atoms with van der Waals surface area (Å²) in [6.07, 6.45) is 3.76. The molecule has 1 aliphatic rings. The SMILES string of the molecule is Cc1ccc(CN(C(=O)c2ccc(Br)cn2)C2CC2)o1. The highest BCUT2D eigenvalue weighted by Gasteiger charge is 2.34. The number of hydrogen-bond acceptors (Lipinski definition) is 3. The Labute approximate surface area is 125 Å². The van der Waals surface area contributed by atoms with E-state index in [0.717, 1.165) is 28.8 Å². The van der Waals surface area contributed by atoms with Crippen LogP contribution in [0.5, 0.6) is 0 Å². The lowest BCUT2D eigenvalue weighted by Gasteiger charge is -2.20.